The molecule has 0 saturated carbocycles. The maximum absolute atomic E-state index is 11.5. The van der Waals surface area contributed by atoms with Crippen molar-refractivity contribution in [1.82, 2.24) is 0 Å². The second-order valence-electron chi connectivity index (χ2n) is 4.48. The minimum atomic E-state index is -3.32. The van der Waals surface area contributed by atoms with Crippen molar-refractivity contribution in [3.8, 4) is 5.75 Å². The van der Waals surface area contributed by atoms with Gasteiger partial charge in [0.2, 0.25) is 0 Å². The lowest BCUT2D eigenvalue weighted by molar-refractivity contribution is 0.167. The van der Waals surface area contributed by atoms with E-state index in [2.05, 4.69) is 0 Å². The van der Waals surface area contributed by atoms with E-state index in [0.717, 1.165) is 19.3 Å². The minimum absolute atomic E-state index is 0.114. The number of rotatable bonds is 4. The normalized spacial score (nSPS) is 19.9. The number of ether oxygens (including phenoxy) is 2. The molecule has 0 radical (unpaired) electrons. The molecule has 1 unspecified atom stereocenters. The van der Waals surface area contributed by atoms with Crippen molar-refractivity contribution in [2.45, 2.75) is 11.3 Å². The van der Waals surface area contributed by atoms with E-state index < -0.39 is 9.84 Å². The van der Waals surface area contributed by atoms with Gasteiger partial charge in [0.25, 0.3) is 0 Å². The summed E-state index contributed by atoms with van der Waals surface area (Å²) >= 11 is 0. The third kappa shape index (κ3) is 2.94. The third-order valence-electron chi connectivity index (χ3n) is 2.92. The Hall–Kier alpha value is -1.27. The van der Waals surface area contributed by atoms with E-state index >= 15 is 0 Å². The van der Waals surface area contributed by atoms with Crippen molar-refractivity contribution < 1.29 is 17.9 Å². The van der Waals surface area contributed by atoms with Gasteiger partial charge in [0.1, 0.15) is 5.75 Å². The smallest absolute Gasteiger partial charge is 0.177 e. The van der Waals surface area contributed by atoms with Crippen LogP contribution in [0.5, 0.6) is 5.75 Å². The Balaban J connectivity index is 2.13. The molecular formula is C12H17NO4S. The summed E-state index contributed by atoms with van der Waals surface area (Å²) in [7, 11) is -3.32. The molecule has 2 N–H and O–H groups in total. The fraction of sp³-hybridized carbons (Fsp3) is 0.500. The van der Waals surface area contributed by atoms with Crippen LogP contribution in [0.3, 0.4) is 0 Å². The van der Waals surface area contributed by atoms with Crippen molar-refractivity contribution in [3.05, 3.63) is 18.2 Å². The molecule has 1 aliphatic rings. The first-order chi connectivity index (χ1) is 8.48. The van der Waals surface area contributed by atoms with Gasteiger partial charge in [-0.2, -0.15) is 0 Å². The predicted octanol–water partition coefficient (Wildman–Crippen LogP) is 1.09. The van der Waals surface area contributed by atoms with Crippen LogP contribution in [0.25, 0.3) is 0 Å². The minimum Gasteiger partial charge on any atom is -0.491 e. The van der Waals surface area contributed by atoms with Gasteiger partial charge in [-0.15, -0.1) is 0 Å². The Morgan fingerprint density at radius 2 is 2.28 bits per heavy atom. The van der Waals surface area contributed by atoms with Crippen LogP contribution >= 0.6 is 0 Å². The summed E-state index contributed by atoms with van der Waals surface area (Å²) in [6.07, 6.45) is 2.10. The number of anilines is 1. The van der Waals surface area contributed by atoms with Gasteiger partial charge in [0.05, 0.1) is 23.8 Å². The molecule has 1 atom stereocenters. The molecule has 100 valence electrons. The number of nitrogen functional groups attached to an aromatic ring is 1. The first kappa shape index (κ1) is 13.2. The van der Waals surface area contributed by atoms with E-state index in [0.29, 0.717) is 24.9 Å². The molecule has 6 heteroatoms. The highest BCUT2D eigenvalue weighted by Crippen LogP contribution is 2.29. The molecule has 0 aliphatic carbocycles. The Morgan fingerprint density at radius 1 is 1.50 bits per heavy atom. The summed E-state index contributed by atoms with van der Waals surface area (Å²) in [4.78, 5) is 0.114. The largest absolute Gasteiger partial charge is 0.491 e. The van der Waals surface area contributed by atoms with E-state index in [1.54, 1.807) is 12.1 Å². The summed E-state index contributed by atoms with van der Waals surface area (Å²) in [5.74, 6) is 0.774. The van der Waals surface area contributed by atoms with Gasteiger partial charge >= 0.3 is 0 Å². The zero-order valence-corrected chi connectivity index (χ0v) is 11.1. The van der Waals surface area contributed by atoms with Crippen molar-refractivity contribution in [2.75, 3.05) is 31.8 Å². The SMILES string of the molecule is CS(=O)(=O)c1cccc(OCC2CCOC2)c1N. The van der Waals surface area contributed by atoms with Crippen molar-refractivity contribution in [3.63, 3.8) is 0 Å². The van der Waals surface area contributed by atoms with Gasteiger partial charge in [-0.1, -0.05) is 6.07 Å². The van der Waals surface area contributed by atoms with Crippen LogP contribution in [0.1, 0.15) is 6.42 Å². The zero-order valence-electron chi connectivity index (χ0n) is 10.3. The average Bonchev–Trinajstić information content (AvgIpc) is 2.79. The highest BCUT2D eigenvalue weighted by atomic mass is 32.2. The molecule has 18 heavy (non-hydrogen) atoms. The summed E-state index contributed by atoms with van der Waals surface area (Å²) in [6.45, 7) is 1.94. The van der Waals surface area contributed by atoms with Crippen LogP contribution in [0.4, 0.5) is 5.69 Å². The molecule has 2 rings (SSSR count). The van der Waals surface area contributed by atoms with Crippen LogP contribution in [0.2, 0.25) is 0 Å². The number of sulfone groups is 1. The maximum atomic E-state index is 11.5. The molecule has 0 amide bonds. The van der Waals surface area contributed by atoms with Gasteiger partial charge in [0, 0.05) is 18.8 Å². The highest BCUT2D eigenvalue weighted by Gasteiger charge is 2.18. The van der Waals surface area contributed by atoms with Gasteiger partial charge in [-0.05, 0) is 18.6 Å². The summed E-state index contributed by atoms with van der Waals surface area (Å²) < 4.78 is 33.9. The molecule has 0 spiro atoms. The molecule has 1 aromatic carbocycles. The van der Waals surface area contributed by atoms with Crippen LogP contribution < -0.4 is 10.5 Å². The molecule has 1 fully saturated rings. The molecular weight excluding hydrogens is 254 g/mol. The Kier molecular flexibility index (Phi) is 3.77. The van der Waals surface area contributed by atoms with Crippen LogP contribution in [0.15, 0.2) is 23.1 Å². The molecule has 0 bridgehead atoms. The Morgan fingerprint density at radius 3 is 2.89 bits per heavy atom. The Labute approximate surface area is 107 Å². The van der Waals surface area contributed by atoms with E-state index in [4.69, 9.17) is 15.2 Å². The topological polar surface area (TPSA) is 78.6 Å². The standard InChI is InChI=1S/C12H17NO4S/c1-18(14,15)11-4-2-3-10(12(11)13)17-8-9-5-6-16-7-9/h2-4,9H,5-8,13H2,1H3. The predicted molar refractivity (Wildman–Crippen MR) is 68.4 cm³/mol. The van der Waals surface area contributed by atoms with Gasteiger partial charge in [-0.3, -0.25) is 0 Å². The number of benzene rings is 1. The van der Waals surface area contributed by atoms with Crippen LogP contribution in [-0.4, -0.2) is 34.5 Å². The second kappa shape index (κ2) is 5.16. The summed E-state index contributed by atoms with van der Waals surface area (Å²) in [5.41, 5.74) is 6.00. The Bertz CT molecular complexity index is 521. The lowest BCUT2D eigenvalue weighted by Gasteiger charge is -2.13. The molecule has 0 aromatic heterocycles. The van der Waals surface area contributed by atoms with Gasteiger partial charge in [0.15, 0.2) is 9.84 Å². The molecule has 1 aliphatic heterocycles. The molecule has 5 nitrogen and oxygen atoms in total. The van der Waals surface area contributed by atoms with Crippen molar-refractivity contribution in [2.24, 2.45) is 5.92 Å². The van der Waals surface area contributed by atoms with E-state index in [9.17, 15) is 8.42 Å². The highest BCUT2D eigenvalue weighted by molar-refractivity contribution is 7.90. The summed E-state index contributed by atoms with van der Waals surface area (Å²) in [5, 5.41) is 0. The van der Waals surface area contributed by atoms with Crippen molar-refractivity contribution in [1.29, 1.82) is 0 Å². The van der Waals surface area contributed by atoms with Gasteiger partial charge < -0.3 is 15.2 Å². The molecule has 1 saturated heterocycles. The monoisotopic (exact) mass is 271 g/mol. The second-order valence-corrected chi connectivity index (χ2v) is 6.46. The summed E-state index contributed by atoms with van der Waals surface area (Å²) in [6, 6.07) is 4.79. The van der Waals surface area contributed by atoms with Crippen LogP contribution in [-0.2, 0) is 14.6 Å². The van der Waals surface area contributed by atoms with Crippen molar-refractivity contribution >= 4 is 15.5 Å². The van der Waals surface area contributed by atoms with E-state index in [1.165, 1.54) is 6.07 Å². The first-order valence-electron chi connectivity index (χ1n) is 5.77. The number of hydrogen-bond donors (Lipinski definition) is 1. The zero-order chi connectivity index (χ0) is 13.2. The quantitative estimate of drug-likeness (QED) is 0.829. The maximum Gasteiger partial charge on any atom is 0.177 e. The average molecular weight is 271 g/mol. The molecule has 1 aromatic rings. The number of hydrogen-bond acceptors (Lipinski definition) is 5. The fourth-order valence-corrected chi connectivity index (χ4v) is 2.72. The van der Waals surface area contributed by atoms with E-state index in [-0.39, 0.29) is 10.6 Å². The molecule has 1 heterocycles. The fourth-order valence-electron chi connectivity index (χ4n) is 1.90. The van der Waals surface area contributed by atoms with Crippen LogP contribution in [0, 0.1) is 5.92 Å². The first-order valence-corrected chi connectivity index (χ1v) is 7.66. The lowest BCUT2D eigenvalue weighted by Crippen LogP contribution is -2.13. The van der Waals surface area contributed by atoms with E-state index in [1.807, 2.05) is 0 Å². The third-order valence-corrected chi connectivity index (χ3v) is 4.08. The van der Waals surface area contributed by atoms with Gasteiger partial charge in [-0.25, -0.2) is 8.42 Å². The number of para-hydroxylation sites is 1. The number of nitrogens with two attached hydrogens (primary N) is 1. The lowest BCUT2D eigenvalue weighted by atomic mass is 10.1.